The summed E-state index contributed by atoms with van der Waals surface area (Å²) in [4.78, 5) is 23.6. The molecule has 0 saturated heterocycles. The van der Waals surface area contributed by atoms with E-state index in [1.807, 2.05) is 4.98 Å². The number of aromatic amines is 1. The van der Waals surface area contributed by atoms with Gasteiger partial charge in [0.15, 0.2) is 5.75 Å². The van der Waals surface area contributed by atoms with Crippen molar-refractivity contribution in [2.75, 3.05) is 0 Å². The van der Waals surface area contributed by atoms with E-state index in [2.05, 4.69) is 4.74 Å². The lowest BCUT2D eigenvalue weighted by Crippen LogP contribution is -2.24. The van der Waals surface area contributed by atoms with Crippen molar-refractivity contribution >= 4 is 5.97 Å². The Morgan fingerprint density at radius 1 is 1.53 bits per heavy atom. The van der Waals surface area contributed by atoms with Crippen LogP contribution in [-0.4, -0.2) is 22.4 Å². The highest BCUT2D eigenvalue weighted by atomic mass is 19.4. The normalized spacial score (nSPS) is 11.3. The zero-order valence-corrected chi connectivity index (χ0v) is 8.17. The number of hydrogen-bond acceptors (Lipinski definition) is 4. The van der Waals surface area contributed by atoms with Crippen LogP contribution >= 0.6 is 0 Å². The first-order chi connectivity index (χ1) is 7.74. The minimum absolute atomic E-state index is 0.336. The van der Waals surface area contributed by atoms with E-state index in [4.69, 9.17) is 10.8 Å². The van der Waals surface area contributed by atoms with Gasteiger partial charge in [-0.1, -0.05) is 0 Å². The minimum atomic E-state index is -5.00. The van der Waals surface area contributed by atoms with Gasteiger partial charge in [-0.05, 0) is 0 Å². The van der Waals surface area contributed by atoms with E-state index in [-0.39, 0.29) is 5.69 Å². The molecule has 1 aromatic rings. The molecule has 0 radical (unpaired) electrons. The second kappa shape index (κ2) is 4.45. The summed E-state index contributed by atoms with van der Waals surface area (Å²) in [6, 6.07) is 0.483. The predicted molar refractivity (Wildman–Crippen MR) is 48.6 cm³/mol. The van der Waals surface area contributed by atoms with Crippen LogP contribution < -0.4 is 16.0 Å². The van der Waals surface area contributed by atoms with Gasteiger partial charge in [-0.15, -0.1) is 13.2 Å². The van der Waals surface area contributed by atoms with Crippen molar-refractivity contribution in [3.8, 4) is 5.75 Å². The number of rotatable bonds is 3. The largest absolute Gasteiger partial charge is 0.573 e. The van der Waals surface area contributed by atoms with Crippen molar-refractivity contribution in [2.45, 2.75) is 12.9 Å². The zero-order valence-electron chi connectivity index (χ0n) is 8.17. The Hall–Kier alpha value is -2.03. The Morgan fingerprint density at radius 2 is 2.12 bits per heavy atom. The van der Waals surface area contributed by atoms with Crippen LogP contribution in [0.2, 0.25) is 0 Å². The number of nitrogens with two attached hydrogens (primary N) is 1. The Bertz CT molecular complexity index is 495. The van der Waals surface area contributed by atoms with Gasteiger partial charge in [0.25, 0.3) is 5.56 Å². The smallest absolute Gasteiger partial charge is 0.477 e. The third-order valence-electron chi connectivity index (χ3n) is 1.74. The van der Waals surface area contributed by atoms with Crippen LogP contribution in [-0.2, 0) is 6.54 Å². The third-order valence-corrected chi connectivity index (χ3v) is 1.74. The summed E-state index contributed by atoms with van der Waals surface area (Å²) >= 11 is 0. The molecule has 0 unspecified atom stereocenters. The van der Waals surface area contributed by atoms with Crippen LogP contribution in [0.1, 0.15) is 16.1 Å². The Labute approximate surface area is 91.8 Å². The summed E-state index contributed by atoms with van der Waals surface area (Å²) < 4.78 is 39.5. The fraction of sp³-hybridized carbons (Fsp3) is 0.250. The van der Waals surface area contributed by atoms with Crippen LogP contribution in [0.25, 0.3) is 0 Å². The highest BCUT2D eigenvalue weighted by Crippen LogP contribution is 2.24. The van der Waals surface area contributed by atoms with Gasteiger partial charge in [0.2, 0.25) is 0 Å². The van der Waals surface area contributed by atoms with E-state index in [9.17, 15) is 22.8 Å². The summed E-state index contributed by atoms with van der Waals surface area (Å²) in [5.74, 6) is -2.50. The summed E-state index contributed by atoms with van der Waals surface area (Å²) in [6.07, 6.45) is -5.00. The molecular formula is C8H7F3N2O4. The van der Waals surface area contributed by atoms with Gasteiger partial charge in [0.1, 0.15) is 5.56 Å². The summed E-state index contributed by atoms with van der Waals surface area (Å²) in [7, 11) is 0. The lowest BCUT2D eigenvalue weighted by atomic mass is 10.2. The maximum Gasteiger partial charge on any atom is 0.573 e. The first kappa shape index (κ1) is 13.0. The molecular weight excluding hydrogens is 245 g/mol. The van der Waals surface area contributed by atoms with E-state index in [0.29, 0.717) is 6.07 Å². The lowest BCUT2D eigenvalue weighted by Gasteiger charge is -2.12. The van der Waals surface area contributed by atoms with E-state index < -0.39 is 35.7 Å². The molecule has 1 aromatic heterocycles. The quantitative estimate of drug-likeness (QED) is 0.723. The fourth-order valence-corrected chi connectivity index (χ4v) is 1.08. The number of carbonyl (C=O) groups is 1. The molecule has 0 amide bonds. The first-order valence-electron chi connectivity index (χ1n) is 4.20. The number of alkyl halides is 3. The average Bonchev–Trinajstić information content (AvgIpc) is 2.17. The molecule has 1 rings (SSSR count). The van der Waals surface area contributed by atoms with Gasteiger partial charge < -0.3 is 20.6 Å². The van der Waals surface area contributed by atoms with Gasteiger partial charge in [0, 0.05) is 12.6 Å². The molecule has 9 heteroatoms. The maximum absolute atomic E-state index is 12.0. The van der Waals surface area contributed by atoms with Crippen molar-refractivity contribution in [3.63, 3.8) is 0 Å². The molecule has 0 aromatic carbocycles. The number of halogens is 3. The molecule has 6 nitrogen and oxygen atoms in total. The van der Waals surface area contributed by atoms with Gasteiger partial charge in [-0.25, -0.2) is 4.79 Å². The highest BCUT2D eigenvalue weighted by molar-refractivity contribution is 5.87. The third kappa shape index (κ3) is 3.21. The van der Waals surface area contributed by atoms with Crippen LogP contribution in [0.5, 0.6) is 5.75 Å². The van der Waals surface area contributed by atoms with Crippen LogP contribution in [0.4, 0.5) is 13.2 Å². The number of ether oxygens (including phenoxy) is 1. The first-order valence-corrected chi connectivity index (χ1v) is 4.20. The van der Waals surface area contributed by atoms with Crippen LogP contribution in [0.15, 0.2) is 10.9 Å². The highest BCUT2D eigenvalue weighted by Gasteiger charge is 2.32. The number of carboxylic acid groups (broad SMARTS) is 1. The average molecular weight is 252 g/mol. The molecule has 0 spiro atoms. The van der Waals surface area contributed by atoms with Gasteiger partial charge >= 0.3 is 12.3 Å². The van der Waals surface area contributed by atoms with Crippen molar-refractivity contribution < 1.29 is 27.8 Å². The maximum atomic E-state index is 12.0. The van der Waals surface area contributed by atoms with E-state index >= 15 is 0 Å². The number of aromatic nitrogens is 1. The molecule has 0 atom stereocenters. The van der Waals surface area contributed by atoms with Crippen LogP contribution in [0, 0.1) is 0 Å². The van der Waals surface area contributed by atoms with Crippen molar-refractivity contribution in [2.24, 2.45) is 5.73 Å². The monoisotopic (exact) mass is 252 g/mol. The number of pyridine rings is 1. The number of H-pyrrole nitrogens is 1. The number of nitrogens with one attached hydrogen (secondary N) is 1. The number of hydrogen-bond donors (Lipinski definition) is 3. The Morgan fingerprint density at radius 3 is 2.53 bits per heavy atom. The molecule has 17 heavy (non-hydrogen) atoms. The SMILES string of the molecule is NCc1[nH]c(=O)c(C(=O)O)cc1OC(F)(F)F. The Balaban J connectivity index is 3.32. The van der Waals surface area contributed by atoms with E-state index in [1.54, 1.807) is 0 Å². The molecule has 94 valence electrons. The standard InChI is InChI=1S/C8H7F3N2O4/c9-8(10,11)17-5-1-3(7(15)16)6(14)13-4(5)2-12/h1H,2,12H2,(H,13,14)(H,15,16). The van der Waals surface area contributed by atoms with Crippen molar-refractivity contribution in [3.05, 3.63) is 27.7 Å². The summed E-state index contributed by atoms with van der Waals surface area (Å²) in [5.41, 5.74) is 2.86. The molecule has 0 aliphatic heterocycles. The number of carboxylic acids is 1. The Kier molecular flexibility index (Phi) is 3.42. The fourth-order valence-electron chi connectivity index (χ4n) is 1.08. The zero-order chi connectivity index (χ0) is 13.2. The molecule has 1 heterocycles. The lowest BCUT2D eigenvalue weighted by molar-refractivity contribution is -0.275. The summed E-state index contributed by atoms with van der Waals surface area (Å²) in [6.45, 7) is -0.430. The van der Waals surface area contributed by atoms with E-state index in [0.717, 1.165) is 0 Å². The van der Waals surface area contributed by atoms with Crippen LogP contribution in [0.3, 0.4) is 0 Å². The topological polar surface area (TPSA) is 105 Å². The number of aromatic carboxylic acids is 1. The second-order valence-corrected chi connectivity index (χ2v) is 2.91. The molecule has 0 saturated carbocycles. The summed E-state index contributed by atoms with van der Waals surface area (Å²) in [5, 5.41) is 8.56. The predicted octanol–water partition coefficient (Wildman–Crippen LogP) is 0.430. The molecule has 4 N–H and O–H groups in total. The van der Waals surface area contributed by atoms with E-state index in [1.165, 1.54) is 0 Å². The van der Waals surface area contributed by atoms with Gasteiger partial charge in [-0.2, -0.15) is 0 Å². The molecule has 0 bridgehead atoms. The van der Waals surface area contributed by atoms with Crippen molar-refractivity contribution in [1.29, 1.82) is 0 Å². The molecule has 0 aliphatic carbocycles. The second-order valence-electron chi connectivity index (χ2n) is 2.91. The van der Waals surface area contributed by atoms with Crippen molar-refractivity contribution in [1.82, 2.24) is 4.98 Å². The molecule has 0 aliphatic rings. The minimum Gasteiger partial charge on any atom is -0.477 e. The van der Waals surface area contributed by atoms with Gasteiger partial charge in [0.05, 0.1) is 5.69 Å². The molecule has 0 fully saturated rings. The van der Waals surface area contributed by atoms with Gasteiger partial charge in [-0.3, -0.25) is 4.79 Å².